The number of aromatic carboxylic acids is 1. The lowest BCUT2D eigenvalue weighted by Gasteiger charge is -2.09. The van der Waals surface area contributed by atoms with E-state index in [1.807, 2.05) is 0 Å². The molecule has 1 aromatic rings. The number of rotatable bonds is 7. The molecule has 17 heavy (non-hydrogen) atoms. The molecular formula is C11H14O6. The van der Waals surface area contributed by atoms with Crippen LogP contribution in [0.5, 0.6) is 11.5 Å². The standard InChI is InChI=1S/C11H14O6/c1-14-6-16-9-3-8(11(12)13)4-10(5-9)17-7-15-2/h3-5H,6-7H2,1-2H3,(H,12,13). The van der Waals surface area contributed by atoms with Gasteiger partial charge in [0.2, 0.25) is 0 Å². The topological polar surface area (TPSA) is 74.2 Å². The van der Waals surface area contributed by atoms with Crippen LogP contribution in [0.25, 0.3) is 0 Å². The SMILES string of the molecule is COCOc1cc(OCOC)cc(C(=O)O)c1. The minimum Gasteiger partial charge on any atom is -0.478 e. The Bertz CT molecular complexity index is 350. The predicted molar refractivity (Wildman–Crippen MR) is 58.4 cm³/mol. The number of hydrogen-bond donors (Lipinski definition) is 1. The van der Waals surface area contributed by atoms with Crippen molar-refractivity contribution in [1.82, 2.24) is 0 Å². The lowest BCUT2D eigenvalue weighted by atomic mass is 10.2. The summed E-state index contributed by atoms with van der Waals surface area (Å²) in [6, 6.07) is 4.34. The Balaban J connectivity index is 2.88. The highest BCUT2D eigenvalue weighted by molar-refractivity contribution is 5.88. The van der Waals surface area contributed by atoms with E-state index in [2.05, 4.69) is 0 Å². The van der Waals surface area contributed by atoms with Crippen molar-refractivity contribution >= 4 is 5.97 Å². The summed E-state index contributed by atoms with van der Waals surface area (Å²) in [5.74, 6) is -0.342. The van der Waals surface area contributed by atoms with Gasteiger partial charge in [-0.15, -0.1) is 0 Å². The van der Waals surface area contributed by atoms with Crippen LogP contribution in [-0.2, 0) is 9.47 Å². The second kappa shape index (κ2) is 6.72. The predicted octanol–water partition coefficient (Wildman–Crippen LogP) is 1.35. The van der Waals surface area contributed by atoms with E-state index in [-0.39, 0.29) is 19.1 Å². The summed E-state index contributed by atoms with van der Waals surface area (Å²) in [5, 5.41) is 8.91. The maximum absolute atomic E-state index is 10.9. The third kappa shape index (κ3) is 4.29. The van der Waals surface area contributed by atoms with Gasteiger partial charge < -0.3 is 24.1 Å². The number of carboxylic acid groups (broad SMARTS) is 1. The Labute approximate surface area is 98.7 Å². The van der Waals surface area contributed by atoms with Crippen molar-refractivity contribution in [2.75, 3.05) is 27.8 Å². The first kappa shape index (κ1) is 13.3. The van der Waals surface area contributed by atoms with Gasteiger partial charge in [-0.1, -0.05) is 0 Å². The highest BCUT2D eigenvalue weighted by Crippen LogP contribution is 2.23. The number of carbonyl (C=O) groups is 1. The molecule has 94 valence electrons. The van der Waals surface area contributed by atoms with E-state index < -0.39 is 5.97 Å². The van der Waals surface area contributed by atoms with E-state index >= 15 is 0 Å². The van der Waals surface area contributed by atoms with Crippen LogP contribution in [0.15, 0.2) is 18.2 Å². The minimum absolute atomic E-state index is 0.0345. The Hall–Kier alpha value is -1.79. The zero-order valence-corrected chi connectivity index (χ0v) is 9.63. The molecular weight excluding hydrogens is 228 g/mol. The zero-order chi connectivity index (χ0) is 12.7. The summed E-state index contributed by atoms with van der Waals surface area (Å²) in [7, 11) is 2.95. The highest BCUT2D eigenvalue weighted by atomic mass is 16.7. The van der Waals surface area contributed by atoms with Gasteiger partial charge in [-0.05, 0) is 12.1 Å². The molecule has 1 rings (SSSR count). The number of carboxylic acids is 1. The molecule has 0 saturated carbocycles. The fourth-order valence-corrected chi connectivity index (χ4v) is 1.12. The van der Waals surface area contributed by atoms with Gasteiger partial charge in [-0.2, -0.15) is 0 Å². The van der Waals surface area contributed by atoms with Crippen LogP contribution in [0.2, 0.25) is 0 Å². The molecule has 0 heterocycles. The molecule has 1 aromatic carbocycles. The zero-order valence-electron chi connectivity index (χ0n) is 9.63. The Morgan fingerprint density at radius 1 is 1.06 bits per heavy atom. The average Bonchev–Trinajstić information content (AvgIpc) is 2.33. The van der Waals surface area contributed by atoms with E-state index in [9.17, 15) is 4.79 Å². The highest BCUT2D eigenvalue weighted by Gasteiger charge is 2.08. The third-order valence-corrected chi connectivity index (χ3v) is 1.81. The Kier molecular flexibility index (Phi) is 5.25. The number of methoxy groups -OCH3 is 2. The first-order chi connectivity index (χ1) is 8.17. The fourth-order valence-electron chi connectivity index (χ4n) is 1.12. The molecule has 0 aliphatic heterocycles. The molecule has 0 aliphatic carbocycles. The fraction of sp³-hybridized carbons (Fsp3) is 0.364. The van der Waals surface area contributed by atoms with Gasteiger partial charge in [-0.3, -0.25) is 0 Å². The largest absolute Gasteiger partial charge is 0.478 e. The van der Waals surface area contributed by atoms with Gasteiger partial charge in [0.25, 0.3) is 0 Å². The van der Waals surface area contributed by atoms with Crippen molar-refractivity contribution < 1.29 is 28.8 Å². The van der Waals surface area contributed by atoms with E-state index in [0.717, 1.165) is 0 Å². The van der Waals surface area contributed by atoms with Gasteiger partial charge in [0.1, 0.15) is 11.5 Å². The molecule has 0 bridgehead atoms. The van der Waals surface area contributed by atoms with Gasteiger partial charge in [0.15, 0.2) is 13.6 Å². The van der Waals surface area contributed by atoms with Crippen LogP contribution in [0.3, 0.4) is 0 Å². The van der Waals surface area contributed by atoms with E-state index in [1.165, 1.54) is 26.4 Å². The maximum Gasteiger partial charge on any atom is 0.335 e. The summed E-state index contributed by atoms with van der Waals surface area (Å²) in [4.78, 5) is 10.9. The second-order valence-electron chi connectivity index (χ2n) is 3.10. The molecule has 0 spiro atoms. The van der Waals surface area contributed by atoms with Crippen molar-refractivity contribution in [2.24, 2.45) is 0 Å². The first-order valence-corrected chi connectivity index (χ1v) is 4.79. The van der Waals surface area contributed by atoms with Crippen LogP contribution in [-0.4, -0.2) is 38.9 Å². The van der Waals surface area contributed by atoms with Crippen LogP contribution in [0.1, 0.15) is 10.4 Å². The molecule has 0 unspecified atom stereocenters. The number of benzene rings is 1. The molecule has 6 nitrogen and oxygen atoms in total. The summed E-state index contributed by atoms with van der Waals surface area (Å²) in [5.41, 5.74) is 0.0738. The molecule has 0 amide bonds. The average molecular weight is 242 g/mol. The molecule has 0 atom stereocenters. The van der Waals surface area contributed by atoms with Crippen molar-refractivity contribution in [3.63, 3.8) is 0 Å². The molecule has 0 radical (unpaired) electrons. The van der Waals surface area contributed by atoms with Crippen LogP contribution in [0.4, 0.5) is 0 Å². The monoisotopic (exact) mass is 242 g/mol. The van der Waals surface area contributed by atoms with Crippen molar-refractivity contribution in [3.8, 4) is 11.5 Å². The van der Waals surface area contributed by atoms with Crippen molar-refractivity contribution in [1.29, 1.82) is 0 Å². The summed E-state index contributed by atoms with van der Waals surface area (Å²) >= 11 is 0. The van der Waals surface area contributed by atoms with Crippen LogP contribution >= 0.6 is 0 Å². The third-order valence-electron chi connectivity index (χ3n) is 1.81. The van der Waals surface area contributed by atoms with Gasteiger partial charge in [-0.25, -0.2) is 4.79 Å². The normalized spacial score (nSPS) is 10.0. The van der Waals surface area contributed by atoms with Crippen molar-refractivity contribution in [2.45, 2.75) is 0 Å². The van der Waals surface area contributed by atoms with E-state index in [1.54, 1.807) is 6.07 Å². The summed E-state index contributed by atoms with van der Waals surface area (Å²) < 4.78 is 19.8. The Morgan fingerprint density at radius 3 is 1.88 bits per heavy atom. The molecule has 0 saturated heterocycles. The number of ether oxygens (including phenoxy) is 4. The van der Waals surface area contributed by atoms with Crippen LogP contribution in [0, 0.1) is 0 Å². The Morgan fingerprint density at radius 2 is 1.53 bits per heavy atom. The van der Waals surface area contributed by atoms with Crippen LogP contribution < -0.4 is 9.47 Å². The molecule has 1 N–H and O–H groups in total. The number of hydrogen-bond acceptors (Lipinski definition) is 5. The summed E-state index contributed by atoms with van der Waals surface area (Å²) in [6.45, 7) is 0.0690. The quantitative estimate of drug-likeness (QED) is 0.727. The maximum atomic E-state index is 10.9. The first-order valence-electron chi connectivity index (χ1n) is 4.79. The second-order valence-corrected chi connectivity index (χ2v) is 3.10. The van der Waals surface area contributed by atoms with E-state index in [0.29, 0.717) is 11.5 Å². The van der Waals surface area contributed by atoms with Crippen molar-refractivity contribution in [3.05, 3.63) is 23.8 Å². The summed E-state index contributed by atoms with van der Waals surface area (Å²) in [6.07, 6.45) is 0. The van der Waals surface area contributed by atoms with Gasteiger partial charge >= 0.3 is 5.97 Å². The molecule has 0 aliphatic rings. The van der Waals surface area contributed by atoms with E-state index in [4.69, 9.17) is 24.1 Å². The minimum atomic E-state index is -1.06. The lowest BCUT2D eigenvalue weighted by Crippen LogP contribution is -2.04. The molecule has 0 aromatic heterocycles. The van der Waals surface area contributed by atoms with Gasteiger partial charge in [0, 0.05) is 20.3 Å². The molecule has 0 fully saturated rings. The van der Waals surface area contributed by atoms with Gasteiger partial charge in [0.05, 0.1) is 5.56 Å². The lowest BCUT2D eigenvalue weighted by molar-refractivity contribution is 0.0454. The smallest absolute Gasteiger partial charge is 0.335 e. The molecule has 6 heteroatoms.